The molecule has 4 rings (SSSR count). The molecular weight excluding hydrogens is 448 g/mol. The van der Waals surface area contributed by atoms with Gasteiger partial charge in [-0.15, -0.1) is 0 Å². The maximum Gasteiger partial charge on any atom is 0.407 e. The minimum Gasteiger partial charge on any atom is -0.480 e. The molecule has 2 N–H and O–H groups in total. The summed E-state index contributed by atoms with van der Waals surface area (Å²) in [6.07, 6.45) is -0.336. The maximum absolute atomic E-state index is 13.4. The highest BCUT2D eigenvalue weighted by atomic mass is 16.5. The number of nitrogens with one attached hydrogen (secondary N) is 1. The Morgan fingerprint density at radius 3 is 2.26 bits per heavy atom. The largest absolute Gasteiger partial charge is 0.480 e. The number of carbonyl (C=O) groups excluding carboxylic acids is 2. The summed E-state index contributed by atoms with van der Waals surface area (Å²) in [6.45, 7) is 4.06. The third-order valence-corrected chi connectivity index (χ3v) is 7.16. The molecule has 2 aromatic rings. The van der Waals surface area contributed by atoms with Crippen molar-refractivity contribution < 1.29 is 29.0 Å². The molecular formula is C27H32N2O6. The Bertz CT molecular complexity index is 1060. The molecule has 1 fully saturated rings. The molecule has 2 amide bonds. The third-order valence-electron chi connectivity index (χ3n) is 7.16. The number of hydrogen-bond donors (Lipinski definition) is 2. The first-order chi connectivity index (χ1) is 16.8. The van der Waals surface area contributed by atoms with Crippen LogP contribution in [0, 0.1) is 5.92 Å². The highest BCUT2D eigenvalue weighted by Crippen LogP contribution is 2.44. The number of methoxy groups -OCH3 is 1. The van der Waals surface area contributed by atoms with Gasteiger partial charge in [0, 0.05) is 19.6 Å². The Balaban J connectivity index is 1.46. The summed E-state index contributed by atoms with van der Waals surface area (Å²) in [4.78, 5) is 39.3. The molecule has 1 aliphatic heterocycles. The Kier molecular flexibility index (Phi) is 7.40. The number of nitrogens with zero attached hydrogens (tertiary/aromatic N) is 1. The number of piperidine rings is 1. The smallest absolute Gasteiger partial charge is 0.407 e. The van der Waals surface area contributed by atoms with Gasteiger partial charge in [-0.05, 0) is 47.9 Å². The molecule has 1 saturated heterocycles. The molecule has 1 aliphatic carbocycles. The molecule has 0 saturated carbocycles. The average Bonchev–Trinajstić information content (AvgIpc) is 3.18. The Labute approximate surface area is 205 Å². The van der Waals surface area contributed by atoms with E-state index in [-0.39, 0.29) is 18.4 Å². The summed E-state index contributed by atoms with van der Waals surface area (Å²) in [5, 5.41) is 12.3. The SMILES string of the molecule is CO[C@H](C)[C@H](NC(=O)OCC1c2ccccc2-c2ccccc21)C(=O)N1CCC(C)CC1C(=O)O. The van der Waals surface area contributed by atoms with E-state index in [1.807, 2.05) is 43.3 Å². The first kappa shape index (κ1) is 24.7. The number of carboxylic acids is 1. The highest BCUT2D eigenvalue weighted by molar-refractivity contribution is 5.90. The van der Waals surface area contributed by atoms with Gasteiger partial charge in [-0.25, -0.2) is 9.59 Å². The van der Waals surface area contributed by atoms with Gasteiger partial charge in [0.1, 0.15) is 18.7 Å². The number of fused-ring (bicyclic) bond motifs is 3. The lowest BCUT2D eigenvalue weighted by Gasteiger charge is -2.38. The molecule has 0 aromatic heterocycles. The van der Waals surface area contributed by atoms with Crippen LogP contribution in [0.1, 0.15) is 43.7 Å². The van der Waals surface area contributed by atoms with Crippen molar-refractivity contribution in [3.63, 3.8) is 0 Å². The minimum atomic E-state index is -1.06. The van der Waals surface area contributed by atoms with Crippen molar-refractivity contribution in [3.8, 4) is 11.1 Å². The van der Waals surface area contributed by atoms with Gasteiger partial charge in [0.15, 0.2) is 0 Å². The summed E-state index contributed by atoms with van der Waals surface area (Å²) >= 11 is 0. The molecule has 0 spiro atoms. The average molecular weight is 481 g/mol. The summed E-state index contributed by atoms with van der Waals surface area (Å²) in [7, 11) is 1.44. The van der Waals surface area contributed by atoms with Gasteiger partial charge in [0.25, 0.3) is 0 Å². The molecule has 2 unspecified atom stereocenters. The first-order valence-electron chi connectivity index (χ1n) is 12.0. The number of carbonyl (C=O) groups is 3. The lowest BCUT2D eigenvalue weighted by atomic mass is 9.91. The predicted molar refractivity (Wildman–Crippen MR) is 130 cm³/mol. The van der Waals surface area contributed by atoms with Crippen molar-refractivity contribution in [1.29, 1.82) is 0 Å². The number of alkyl carbamates (subject to hydrolysis) is 1. The predicted octanol–water partition coefficient (Wildman–Crippen LogP) is 3.64. The van der Waals surface area contributed by atoms with Crippen LogP contribution in [0.25, 0.3) is 11.1 Å². The minimum absolute atomic E-state index is 0.109. The van der Waals surface area contributed by atoms with E-state index >= 15 is 0 Å². The van der Waals surface area contributed by atoms with Gasteiger partial charge < -0.3 is 24.8 Å². The number of hydrogen-bond acceptors (Lipinski definition) is 5. The number of aliphatic carboxylic acids is 1. The fraction of sp³-hybridized carbons (Fsp3) is 0.444. The summed E-state index contributed by atoms with van der Waals surface area (Å²) in [5.74, 6) is -1.43. The molecule has 2 aliphatic rings. The Morgan fingerprint density at radius 2 is 1.69 bits per heavy atom. The third kappa shape index (κ3) is 5.03. The van der Waals surface area contributed by atoms with Crippen LogP contribution in [0.3, 0.4) is 0 Å². The van der Waals surface area contributed by atoms with Crippen molar-refractivity contribution in [1.82, 2.24) is 10.2 Å². The van der Waals surface area contributed by atoms with Crippen molar-refractivity contribution >= 4 is 18.0 Å². The summed E-state index contributed by atoms with van der Waals surface area (Å²) in [6, 6.07) is 14.1. The lowest BCUT2D eigenvalue weighted by Crippen LogP contribution is -2.59. The first-order valence-corrected chi connectivity index (χ1v) is 12.0. The number of rotatable bonds is 7. The van der Waals surface area contributed by atoms with E-state index in [1.165, 1.54) is 12.0 Å². The zero-order valence-corrected chi connectivity index (χ0v) is 20.3. The van der Waals surface area contributed by atoms with E-state index in [0.717, 1.165) is 22.3 Å². The number of amides is 2. The van der Waals surface area contributed by atoms with Crippen molar-refractivity contribution in [2.24, 2.45) is 5.92 Å². The second-order valence-corrected chi connectivity index (χ2v) is 9.40. The maximum atomic E-state index is 13.4. The Hall–Kier alpha value is -3.39. The standard InChI is InChI=1S/C27H32N2O6/c1-16-12-13-29(23(14-16)26(31)32)25(30)24(17(2)34-3)28-27(33)35-15-22-20-10-6-4-8-18(20)19-9-5-7-11-21(19)22/h4-11,16-17,22-24H,12-15H2,1-3H3,(H,28,33)(H,31,32)/t16?,17-,23?,24+/m1/s1. The monoisotopic (exact) mass is 480 g/mol. The quantitative estimate of drug-likeness (QED) is 0.627. The van der Waals surface area contributed by atoms with Crippen LogP contribution in [0.2, 0.25) is 0 Å². The number of carboxylic acid groups (broad SMARTS) is 1. The second kappa shape index (κ2) is 10.5. The van der Waals surface area contributed by atoms with Gasteiger partial charge in [-0.1, -0.05) is 55.5 Å². The normalized spacial score (nSPS) is 20.9. The van der Waals surface area contributed by atoms with Gasteiger partial charge in [0.05, 0.1) is 6.10 Å². The van der Waals surface area contributed by atoms with E-state index in [0.29, 0.717) is 19.4 Å². The van der Waals surface area contributed by atoms with Gasteiger partial charge >= 0.3 is 12.1 Å². The van der Waals surface area contributed by atoms with Crippen LogP contribution in [-0.2, 0) is 19.1 Å². The second-order valence-electron chi connectivity index (χ2n) is 9.40. The van der Waals surface area contributed by atoms with Crippen molar-refractivity contribution in [2.45, 2.75) is 50.8 Å². The zero-order valence-electron chi connectivity index (χ0n) is 20.3. The van der Waals surface area contributed by atoms with Crippen LogP contribution in [-0.4, -0.2) is 66.4 Å². The molecule has 186 valence electrons. The molecule has 8 nitrogen and oxygen atoms in total. The molecule has 8 heteroatoms. The summed E-state index contributed by atoms with van der Waals surface area (Å²) < 4.78 is 10.9. The van der Waals surface area contributed by atoms with Crippen molar-refractivity contribution in [3.05, 3.63) is 59.7 Å². The molecule has 4 atom stereocenters. The van der Waals surface area contributed by atoms with Crippen LogP contribution >= 0.6 is 0 Å². The van der Waals surface area contributed by atoms with Crippen LogP contribution in [0.5, 0.6) is 0 Å². The van der Waals surface area contributed by atoms with E-state index in [9.17, 15) is 19.5 Å². The number of ether oxygens (including phenoxy) is 2. The van der Waals surface area contributed by atoms with Crippen molar-refractivity contribution in [2.75, 3.05) is 20.3 Å². The highest BCUT2D eigenvalue weighted by Gasteiger charge is 2.40. The summed E-state index contributed by atoms with van der Waals surface area (Å²) in [5.41, 5.74) is 4.42. The lowest BCUT2D eigenvalue weighted by molar-refractivity contribution is -0.155. The number of likely N-dealkylation sites (tertiary alicyclic amines) is 1. The topological polar surface area (TPSA) is 105 Å². The van der Waals surface area contributed by atoms with Gasteiger partial charge in [0.2, 0.25) is 5.91 Å². The van der Waals surface area contributed by atoms with E-state index in [1.54, 1.807) is 6.92 Å². The van der Waals surface area contributed by atoms with Crippen LogP contribution in [0.4, 0.5) is 4.79 Å². The molecule has 0 radical (unpaired) electrons. The van der Waals surface area contributed by atoms with Gasteiger partial charge in [-0.2, -0.15) is 0 Å². The van der Waals surface area contributed by atoms with E-state index in [2.05, 4.69) is 17.4 Å². The molecule has 2 aromatic carbocycles. The number of benzene rings is 2. The molecule has 0 bridgehead atoms. The Morgan fingerprint density at radius 1 is 1.09 bits per heavy atom. The fourth-order valence-electron chi connectivity index (χ4n) is 5.10. The molecule has 1 heterocycles. The van der Waals surface area contributed by atoms with Gasteiger partial charge in [-0.3, -0.25) is 4.79 Å². The van der Waals surface area contributed by atoms with E-state index < -0.39 is 36.2 Å². The molecule has 35 heavy (non-hydrogen) atoms. The van der Waals surface area contributed by atoms with E-state index in [4.69, 9.17) is 9.47 Å². The van der Waals surface area contributed by atoms with Crippen LogP contribution < -0.4 is 5.32 Å². The van der Waals surface area contributed by atoms with Crippen LogP contribution in [0.15, 0.2) is 48.5 Å². The fourth-order valence-corrected chi connectivity index (χ4v) is 5.10. The zero-order chi connectivity index (χ0) is 25.1.